The smallest absolute Gasteiger partial charge is 0.176 e. The molecule has 9 nitrogen and oxygen atoms in total. The maximum absolute atomic E-state index is 11.0. The van der Waals surface area contributed by atoms with Crippen LogP contribution in [0.3, 0.4) is 0 Å². The first-order valence-electron chi connectivity index (χ1n) is 11.8. The van der Waals surface area contributed by atoms with E-state index in [-0.39, 0.29) is 11.2 Å². The summed E-state index contributed by atoms with van der Waals surface area (Å²) in [6, 6.07) is 19.4. The lowest BCUT2D eigenvalue weighted by Crippen LogP contribution is -2.12. The van der Waals surface area contributed by atoms with E-state index in [1.165, 1.54) is 0 Å². The molecule has 9 heteroatoms. The number of anilines is 2. The Morgan fingerprint density at radius 2 is 1.19 bits per heavy atom. The van der Waals surface area contributed by atoms with Crippen molar-refractivity contribution in [3.8, 4) is 5.75 Å². The van der Waals surface area contributed by atoms with E-state index in [9.17, 15) is 5.11 Å². The van der Waals surface area contributed by atoms with Gasteiger partial charge >= 0.3 is 0 Å². The number of phenols is 1. The van der Waals surface area contributed by atoms with Crippen LogP contribution in [-0.2, 0) is 5.41 Å². The number of fused-ring (bicyclic) bond motifs is 2. The molecule has 0 aliphatic rings. The van der Waals surface area contributed by atoms with E-state index in [4.69, 9.17) is 0 Å². The molecule has 0 atom stereocenters. The van der Waals surface area contributed by atoms with Crippen molar-refractivity contribution in [1.29, 1.82) is 0 Å². The second-order valence-corrected chi connectivity index (χ2v) is 9.55. The highest BCUT2D eigenvalue weighted by Crippen LogP contribution is 2.30. The molecule has 0 amide bonds. The third-order valence-corrected chi connectivity index (χ3v) is 5.92. The Morgan fingerprint density at radius 1 is 0.730 bits per heavy atom. The van der Waals surface area contributed by atoms with Crippen LogP contribution >= 0.6 is 0 Å². The number of aromatic hydroxyl groups is 1. The summed E-state index contributed by atoms with van der Waals surface area (Å²) in [5.74, 6) is 1.11. The summed E-state index contributed by atoms with van der Waals surface area (Å²) in [5.41, 5.74) is 7.83. The highest BCUT2D eigenvalue weighted by atomic mass is 16.3. The van der Waals surface area contributed by atoms with Gasteiger partial charge in [0.15, 0.2) is 11.6 Å². The molecule has 0 fully saturated rings. The van der Waals surface area contributed by atoms with Crippen LogP contribution in [0.2, 0.25) is 0 Å². The third kappa shape index (κ3) is 5.20. The van der Waals surface area contributed by atoms with Gasteiger partial charge in [-0.2, -0.15) is 20.4 Å². The zero-order valence-corrected chi connectivity index (χ0v) is 20.7. The summed E-state index contributed by atoms with van der Waals surface area (Å²) in [6.07, 6.45) is 6.53. The average molecular weight is 491 g/mol. The fourth-order valence-corrected chi connectivity index (χ4v) is 3.86. The highest BCUT2D eigenvalue weighted by Gasteiger charge is 2.18. The van der Waals surface area contributed by atoms with Crippen molar-refractivity contribution in [2.45, 2.75) is 26.2 Å². The molecule has 0 saturated carbocycles. The Hall–Kier alpha value is -4.92. The van der Waals surface area contributed by atoms with Crippen LogP contribution in [0, 0.1) is 0 Å². The Bertz CT molecular complexity index is 1520. The maximum atomic E-state index is 11.0. The lowest BCUT2D eigenvalue weighted by molar-refractivity contribution is 0.472. The molecule has 0 saturated heterocycles. The average Bonchev–Trinajstić information content (AvgIpc) is 2.90. The second-order valence-electron chi connectivity index (χ2n) is 9.55. The minimum absolute atomic E-state index is 0.0529. The number of rotatable bonds is 6. The first-order valence-corrected chi connectivity index (χ1v) is 11.8. The van der Waals surface area contributed by atoms with Gasteiger partial charge in [-0.15, -0.1) is 10.2 Å². The van der Waals surface area contributed by atoms with Gasteiger partial charge in [0.1, 0.15) is 5.75 Å². The minimum Gasteiger partial charge on any atom is -0.507 e. The summed E-state index contributed by atoms with van der Waals surface area (Å²) >= 11 is 0. The van der Waals surface area contributed by atoms with E-state index in [0.717, 1.165) is 27.1 Å². The molecule has 3 N–H and O–H groups in total. The SMILES string of the molecule is CC(C)(C)c1cc(/C=N\Nc2nncc3ccccc23)c(O)c(/C=N\Nc2nncc3ccccc23)c1. The van der Waals surface area contributed by atoms with Crippen molar-refractivity contribution >= 4 is 45.6 Å². The quantitative estimate of drug-likeness (QED) is 0.213. The van der Waals surface area contributed by atoms with Gasteiger partial charge < -0.3 is 5.11 Å². The van der Waals surface area contributed by atoms with Gasteiger partial charge in [-0.25, -0.2) is 0 Å². The van der Waals surface area contributed by atoms with Crippen LogP contribution in [0.15, 0.2) is 83.3 Å². The predicted octanol–water partition coefficient (Wildman–Crippen LogP) is 5.47. The van der Waals surface area contributed by atoms with E-state index >= 15 is 0 Å². The van der Waals surface area contributed by atoms with E-state index in [1.807, 2.05) is 60.7 Å². The number of hydrazone groups is 2. The Kier molecular flexibility index (Phi) is 6.42. The lowest BCUT2D eigenvalue weighted by Gasteiger charge is -2.21. The van der Waals surface area contributed by atoms with Crippen LogP contribution in [0.4, 0.5) is 11.6 Å². The van der Waals surface area contributed by atoms with Crippen LogP contribution in [-0.4, -0.2) is 37.9 Å². The van der Waals surface area contributed by atoms with E-state index in [1.54, 1.807) is 24.8 Å². The van der Waals surface area contributed by atoms with Crippen LogP contribution in [0.25, 0.3) is 21.5 Å². The number of phenolic OH excluding ortho intramolecular Hbond substituents is 1. The number of hydrogen-bond acceptors (Lipinski definition) is 9. The molecular weight excluding hydrogens is 464 g/mol. The van der Waals surface area contributed by atoms with Crippen molar-refractivity contribution in [3.63, 3.8) is 0 Å². The Morgan fingerprint density at radius 3 is 1.65 bits per heavy atom. The number of nitrogens with one attached hydrogen (secondary N) is 2. The van der Waals surface area contributed by atoms with Crippen LogP contribution < -0.4 is 10.9 Å². The topological polar surface area (TPSA) is 121 Å². The summed E-state index contributed by atoms with van der Waals surface area (Å²) in [4.78, 5) is 0. The summed E-state index contributed by atoms with van der Waals surface area (Å²) < 4.78 is 0. The van der Waals surface area contributed by atoms with E-state index in [2.05, 4.69) is 62.2 Å². The second kappa shape index (κ2) is 9.98. The molecule has 2 aromatic heterocycles. The zero-order valence-electron chi connectivity index (χ0n) is 20.7. The maximum Gasteiger partial charge on any atom is 0.176 e. The van der Waals surface area contributed by atoms with Crippen LogP contribution in [0.5, 0.6) is 5.75 Å². The van der Waals surface area contributed by atoms with Gasteiger partial charge in [0.2, 0.25) is 0 Å². The molecule has 3 aromatic carbocycles. The van der Waals surface area contributed by atoms with Gasteiger partial charge in [-0.05, 0) is 23.1 Å². The van der Waals surface area contributed by atoms with E-state index in [0.29, 0.717) is 22.8 Å². The fourth-order valence-electron chi connectivity index (χ4n) is 3.86. The van der Waals surface area contributed by atoms with E-state index < -0.39 is 0 Å². The van der Waals surface area contributed by atoms with Crippen molar-refractivity contribution in [2.75, 3.05) is 10.9 Å². The van der Waals surface area contributed by atoms with Crippen molar-refractivity contribution in [2.24, 2.45) is 10.2 Å². The standard InChI is InChI=1S/C28H26N8O/c1-28(2,3)22-12-20(16-31-35-26-23-10-6-4-8-18(23)14-29-33-26)25(37)21(13-22)17-32-36-27-24-11-7-5-9-19(24)15-30-34-27/h4-17,37H,1-3H3,(H,33,35)(H,34,36)/b31-16-,32-17-. The Labute approximate surface area is 214 Å². The summed E-state index contributed by atoms with van der Waals surface area (Å²) in [6.45, 7) is 6.32. The fraction of sp³-hybridized carbons (Fsp3) is 0.143. The monoisotopic (exact) mass is 490 g/mol. The minimum atomic E-state index is -0.165. The van der Waals surface area contributed by atoms with Gasteiger partial charge in [0.05, 0.1) is 24.8 Å². The number of benzene rings is 3. The van der Waals surface area contributed by atoms with Crippen molar-refractivity contribution in [1.82, 2.24) is 20.4 Å². The molecule has 37 heavy (non-hydrogen) atoms. The van der Waals surface area contributed by atoms with Crippen molar-refractivity contribution in [3.05, 3.63) is 89.7 Å². The van der Waals surface area contributed by atoms with Gasteiger partial charge in [0.25, 0.3) is 0 Å². The highest BCUT2D eigenvalue weighted by molar-refractivity contribution is 5.95. The molecule has 0 aliphatic carbocycles. The molecule has 2 heterocycles. The molecule has 0 spiro atoms. The largest absolute Gasteiger partial charge is 0.507 e. The van der Waals surface area contributed by atoms with Crippen molar-refractivity contribution < 1.29 is 5.11 Å². The number of nitrogens with zero attached hydrogens (tertiary/aromatic N) is 6. The Balaban J connectivity index is 1.43. The van der Waals surface area contributed by atoms with Gasteiger partial charge in [0, 0.05) is 32.7 Å². The number of hydrogen-bond donors (Lipinski definition) is 3. The molecule has 184 valence electrons. The molecular formula is C28H26N8O. The van der Waals surface area contributed by atoms with Gasteiger partial charge in [-0.3, -0.25) is 10.9 Å². The molecule has 0 radical (unpaired) electrons. The number of aromatic nitrogens is 4. The first kappa shape index (κ1) is 23.8. The van der Waals surface area contributed by atoms with Gasteiger partial charge in [-0.1, -0.05) is 69.3 Å². The predicted molar refractivity (Wildman–Crippen MR) is 148 cm³/mol. The first-order chi connectivity index (χ1) is 17.9. The molecule has 0 bridgehead atoms. The molecule has 0 unspecified atom stereocenters. The summed E-state index contributed by atoms with van der Waals surface area (Å²) in [5, 5.41) is 39.7. The molecule has 5 rings (SSSR count). The molecule has 5 aromatic rings. The zero-order chi connectivity index (χ0) is 25.8. The molecule has 0 aliphatic heterocycles. The lowest BCUT2D eigenvalue weighted by atomic mass is 9.85. The summed E-state index contributed by atoms with van der Waals surface area (Å²) in [7, 11) is 0. The van der Waals surface area contributed by atoms with Crippen LogP contribution in [0.1, 0.15) is 37.5 Å². The normalized spacial score (nSPS) is 12.1. The third-order valence-electron chi connectivity index (χ3n) is 5.92.